The molecular weight excluding hydrogens is 421 g/mol. The van der Waals surface area contributed by atoms with Crippen LogP contribution in [0.5, 0.6) is 5.75 Å². The molecular formula is C26H30FN3O3. The van der Waals surface area contributed by atoms with Gasteiger partial charge in [-0.1, -0.05) is 42.5 Å². The van der Waals surface area contributed by atoms with Crippen molar-refractivity contribution in [3.05, 3.63) is 88.9 Å². The molecule has 2 heterocycles. The molecule has 0 spiro atoms. The quantitative estimate of drug-likeness (QED) is 0.500. The van der Waals surface area contributed by atoms with Crippen LogP contribution in [0.15, 0.2) is 66.6 Å². The second kappa shape index (κ2) is 10.6. The summed E-state index contributed by atoms with van der Waals surface area (Å²) in [4.78, 5) is 17.0. The average molecular weight is 452 g/mol. The summed E-state index contributed by atoms with van der Waals surface area (Å²) in [7, 11) is 0. The van der Waals surface area contributed by atoms with Crippen molar-refractivity contribution in [2.45, 2.75) is 25.5 Å². The van der Waals surface area contributed by atoms with Gasteiger partial charge in [-0.2, -0.15) is 4.39 Å². The van der Waals surface area contributed by atoms with Crippen molar-refractivity contribution in [2.75, 3.05) is 32.8 Å². The van der Waals surface area contributed by atoms with E-state index in [2.05, 4.69) is 23.1 Å². The topological polar surface area (TPSA) is 79.0 Å². The predicted octanol–water partition coefficient (Wildman–Crippen LogP) is 2.81. The van der Waals surface area contributed by atoms with Gasteiger partial charge in [0, 0.05) is 26.2 Å². The highest BCUT2D eigenvalue weighted by molar-refractivity contribution is 5.97. The summed E-state index contributed by atoms with van der Waals surface area (Å²) < 4.78 is 18.4. The van der Waals surface area contributed by atoms with Crippen LogP contribution < -0.4 is 10.5 Å². The van der Waals surface area contributed by atoms with E-state index in [-0.39, 0.29) is 12.5 Å². The number of aliphatic hydroxyl groups excluding tert-OH is 1. The van der Waals surface area contributed by atoms with Crippen LogP contribution in [0, 0.1) is 0 Å². The van der Waals surface area contributed by atoms with Crippen molar-refractivity contribution in [1.29, 1.82) is 0 Å². The minimum Gasteiger partial charge on any atom is -0.491 e. The maximum atomic E-state index is 13.1. The Morgan fingerprint density at radius 3 is 2.82 bits per heavy atom. The van der Waals surface area contributed by atoms with Crippen LogP contribution in [0.3, 0.4) is 0 Å². The molecule has 2 aromatic rings. The highest BCUT2D eigenvalue weighted by Crippen LogP contribution is 2.25. The van der Waals surface area contributed by atoms with Gasteiger partial charge in [-0.3, -0.25) is 9.69 Å². The Morgan fingerprint density at radius 1 is 1.18 bits per heavy atom. The van der Waals surface area contributed by atoms with Gasteiger partial charge in [0.05, 0.1) is 18.2 Å². The number of nitrogens with two attached hydrogens (primary N) is 1. The molecule has 0 aliphatic carbocycles. The van der Waals surface area contributed by atoms with E-state index in [0.717, 1.165) is 25.1 Å². The Balaban J connectivity index is 1.36. The Morgan fingerprint density at radius 2 is 2.00 bits per heavy atom. The Labute approximate surface area is 193 Å². The van der Waals surface area contributed by atoms with E-state index in [4.69, 9.17) is 10.5 Å². The fourth-order valence-electron chi connectivity index (χ4n) is 4.39. The number of rotatable bonds is 7. The second-order valence-electron chi connectivity index (χ2n) is 8.52. The van der Waals surface area contributed by atoms with E-state index in [1.807, 2.05) is 18.2 Å². The molecule has 0 saturated heterocycles. The summed E-state index contributed by atoms with van der Waals surface area (Å²) in [6.45, 7) is 3.29. The lowest BCUT2D eigenvalue weighted by atomic mass is 10.00. The first kappa shape index (κ1) is 23.0. The second-order valence-corrected chi connectivity index (χ2v) is 8.52. The standard InChI is InChI=1S/C26H30FN3O3/c27-25(28)8-4-1-5-19-9-10-23-24(15-19)33-14-13-30(26(23)32)18-22(31)17-29-12-11-20-6-2-3-7-21(20)16-29/h1-4,6-10,15,22,31H,5,11-14,16-18,28H2/b4-1-,25-8-. The molecule has 1 amide bonds. The summed E-state index contributed by atoms with van der Waals surface area (Å²) >= 11 is 0. The minimum atomic E-state index is -0.741. The van der Waals surface area contributed by atoms with Crippen LogP contribution in [0.4, 0.5) is 4.39 Å². The SMILES string of the molecule is N/C(F)=C\C=C/Cc1ccc2c(c1)OCCN(CC(O)CN1CCc3ccccc3C1)C2=O. The average Bonchev–Trinajstić information content (AvgIpc) is 2.95. The van der Waals surface area contributed by atoms with Crippen LogP contribution in [-0.2, 0) is 19.4 Å². The number of carbonyl (C=O) groups is 1. The van der Waals surface area contributed by atoms with Gasteiger partial charge in [0.1, 0.15) is 12.4 Å². The van der Waals surface area contributed by atoms with Crippen molar-refractivity contribution in [3.63, 3.8) is 0 Å². The summed E-state index contributed by atoms with van der Waals surface area (Å²) in [5.74, 6) is -0.341. The molecule has 2 aliphatic rings. The van der Waals surface area contributed by atoms with E-state index in [1.54, 1.807) is 23.1 Å². The molecule has 0 saturated carbocycles. The number of hydrogen-bond acceptors (Lipinski definition) is 5. The summed E-state index contributed by atoms with van der Waals surface area (Å²) in [5, 5.41) is 10.7. The predicted molar refractivity (Wildman–Crippen MR) is 125 cm³/mol. The minimum absolute atomic E-state index is 0.138. The lowest BCUT2D eigenvalue weighted by Crippen LogP contribution is -2.44. The zero-order valence-electron chi connectivity index (χ0n) is 18.6. The number of allylic oxidation sites excluding steroid dienone is 3. The number of hydrogen-bond donors (Lipinski definition) is 2. The lowest BCUT2D eigenvalue weighted by Gasteiger charge is -2.32. The summed E-state index contributed by atoms with van der Waals surface area (Å²) in [5.41, 5.74) is 9.09. The van der Waals surface area contributed by atoms with Crippen molar-refractivity contribution in [2.24, 2.45) is 5.73 Å². The van der Waals surface area contributed by atoms with Crippen molar-refractivity contribution in [1.82, 2.24) is 9.80 Å². The van der Waals surface area contributed by atoms with Gasteiger partial charge in [0.15, 0.2) is 5.95 Å². The maximum Gasteiger partial charge on any atom is 0.257 e. The molecule has 4 rings (SSSR count). The molecule has 0 fully saturated rings. The molecule has 174 valence electrons. The highest BCUT2D eigenvalue weighted by atomic mass is 19.1. The van der Waals surface area contributed by atoms with Crippen molar-refractivity contribution in [3.8, 4) is 5.75 Å². The van der Waals surface area contributed by atoms with Gasteiger partial charge in [-0.05, 0) is 47.7 Å². The zero-order valence-corrected chi connectivity index (χ0v) is 18.6. The molecule has 0 radical (unpaired) electrons. The normalized spacial score (nSPS) is 17.9. The van der Waals surface area contributed by atoms with Crippen LogP contribution in [0.25, 0.3) is 0 Å². The highest BCUT2D eigenvalue weighted by Gasteiger charge is 2.27. The molecule has 3 N–H and O–H groups in total. The molecule has 1 atom stereocenters. The number of benzene rings is 2. The Kier molecular flexibility index (Phi) is 7.42. The molecule has 2 aromatic carbocycles. The van der Waals surface area contributed by atoms with Gasteiger partial charge in [0.25, 0.3) is 5.91 Å². The van der Waals surface area contributed by atoms with Crippen molar-refractivity contribution < 1.29 is 19.0 Å². The van der Waals surface area contributed by atoms with E-state index in [0.29, 0.717) is 37.4 Å². The van der Waals surface area contributed by atoms with E-state index in [9.17, 15) is 14.3 Å². The van der Waals surface area contributed by atoms with Gasteiger partial charge in [-0.25, -0.2) is 0 Å². The summed E-state index contributed by atoms with van der Waals surface area (Å²) in [6.07, 6.45) is 5.43. The number of halogens is 1. The van der Waals surface area contributed by atoms with Gasteiger partial charge >= 0.3 is 0 Å². The van der Waals surface area contributed by atoms with Crippen LogP contribution in [0.2, 0.25) is 0 Å². The Hall–Kier alpha value is -3.16. The number of fused-ring (bicyclic) bond motifs is 2. The number of aliphatic hydroxyl groups is 1. The number of amides is 1. The third-order valence-electron chi connectivity index (χ3n) is 6.04. The first-order valence-electron chi connectivity index (χ1n) is 11.3. The van der Waals surface area contributed by atoms with Gasteiger partial charge < -0.3 is 20.5 Å². The van der Waals surface area contributed by atoms with E-state index in [1.165, 1.54) is 17.2 Å². The smallest absolute Gasteiger partial charge is 0.257 e. The number of nitrogens with zero attached hydrogens (tertiary/aromatic N) is 2. The summed E-state index contributed by atoms with van der Waals surface area (Å²) in [6, 6.07) is 13.9. The zero-order chi connectivity index (χ0) is 23.2. The molecule has 0 aromatic heterocycles. The van der Waals surface area contributed by atoms with Crippen molar-refractivity contribution >= 4 is 5.91 Å². The van der Waals surface area contributed by atoms with E-state index >= 15 is 0 Å². The molecule has 1 unspecified atom stereocenters. The third-order valence-corrected chi connectivity index (χ3v) is 6.04. The molecule has 2 aliphatic heterocycles. The number of carbonyl (C=O) groups excluding carboxylic acids is 1. The maximum absolute atomic E-state index is 13.1. The van der Waals surface area contributed by atoms with Gasteiger partial charge in [0.2, 0.25) is 0 Å². The Bertz CT molecular complexity index is 1050. The third kappa shape index (κ3) is 6.00. The fourth-order valence-corrected chi connectivity index (χ4v) is 4.39. The van der Waals surface area contributed by atoms with Crippen LogP contribution in [-0.4, -0.2) is 59.7 Å². The first-order valence-corrected chi connectivity index (χ1v) is 11.3. The molecule has 7 heteroatoms. The lowest BCUT2D eigenvalue weighted by molar-refractivity contribution is 0.0501. The molecule has 0 bridgehead atoms. The number of ether oxygens (including phenoxy) is 1. The monoisotopic (exact) mass is 451 g/mol. The van der Waals surface area contributed by atoms with Crippen LogP contribution in [0.1, 0.15) is 27.0 Å². The van der Waals surface area contributed by atoms with E-state index < -0.39 is 12.1 Å². The molecule has 6 nitrogen and oxygen atoms in total. The first-order chi connectivity index (χ1) is 16.0. The van der Waals surface area contributed by atoms with Gasteiger partial charge in [-0.15, -0.1) is 0 Å². The largest absolute Gasteiger partial charge is 0.491 e. The fraction of sp³-hybridized carbons (Fsp3) is 0.346. The number of β-amino-alcohol motifs (C(OH)–C–C–N with tert-alkyl or cyclic N) is 1. The van der Waals surface area contributed by atoms with Crippen LogP contribution >= 0.6 is 0 Å². The molecule has 33 heavy (non-hydrogen) atoms.